The second-order valence-electron chi connectivity index (χ2n) is 12.0. The van der Waals surface area contributed by atoms with E-state index in [0.717, 1.165) is 6.07 Å². The average molecular weight is 700 g/mol. The van der Waals surface area contributed by atoms with E-state index in [1.54, 1.807) is 26.8 Å². The number of nitrogens with one attached hydrogen (secondary N) is 4. The summed E-state index contributed by atoms with van der Waals surface area (Å²) < 4.78 is 98.6. The molecule has 1 heterocycles. The van der Waals surface area contributed by atoms with Crippen molar-refractivity contribution in [1.29, 1.82) is 0 Å². The molecule has 1 aliphatic carbocycles. The first-order chi connectivity index (χ1) is 21.2. The normalized spacial score (nSPS) is 17.6. The van der Waals surface area contributed by atoms with Crippen molar-refractivity contribution in [2.45, 2.75) is 71.4 Å². The summed E-state index contributed by atoms with van der Waals surface area (Å²) in [7, 11) is 0. The van der Waals surface area contributed by atoms with Crippen molar-refractivity contribution in [3.8, 4) is 5.75 Å². The van der Waals surface area contributed by atoms with Crippen molar-refractivity contribution >= 4 is 57.7 Å². The minimum absolute atomic E-state index is 0.0314. The maximum Gasteiger partial charge on any atom is 0.422 e. The van der Waals surface area contributed by atoms with Crippen LogP contribution in [0.15, 0.2) is 18.2 Å². The van der Waals surface area contributed by atoms with E-state index in [1.165, 1.54) is 6.07 Å². The number of carbonyl (C=O) groups is 2. The smallest absolute Gasteiger partial charge is 0.422 e. The predicted molar refractivity (Wildman–Crippen MR) is 158 cm³/mol. The van der Waals surface area contributed by atoms with E-state index in [1.807, 2.05) is 0 Å². The van der Waals surface area contributed by atoms with Crippen molar-refractivity contribution in [3.63, 3.8) is 0 Å². The zero-order valence-electron chi connectivity index (χ0n) is 24.7. The lowest BCUT2D eigenvalue weighted by molar-refractivity contribution is -0.182. The Morgan fingerprint density at radius 1 is 1.04 bits per heavy atom. The highest BCUT2D eigenvalue weighted by Gasteiger charge is 2.42. The average Bonchev–Trinajstić information content (AvgIpc) is 3.36. The van der Waals surface area contributed by atoms with Crippen LogP contribution in [0.25, 0.3) is 11.0 Å². The maximum atomic E-state index is 15.7. The molecule has 46 heavy (non-hydrogen) atoms. The molecule has 0 radical (unpaired) electrons. The molecule has 1 saturated carbocycles. The Morgan fingerprint density at radius 3 is 2.28 bits per heavy atom. The molecule has 0 saturated heterocycles. The number of halogens is 9. The minimum atomic E-state index is -4.88. The summed E-state index contributed by atoms with van der Waals surface area (Å²) in [5.74, 6) is -5.34. The summed E-state index contributed by atoms with van der Waals surface area (Å²) in [5, 5.41) is 8.24. The van der Waals surface area contributed by atoms with Gasteiger partial charge in [-0.15, -0.1) is 0 Å². The molecule has 0 bridgehead atoms. The molecular weight excluding hydrogens is 670 g/mol. The topological polar surface area (TPSA) is 108 Å². The van der Waals surface area contributed by atoms with Crippen LogP contribution < -0.4 is 20.7 Å². The van der Waals surface area contributed by atoms with Gasteiger partial charge in [-0.3, -0.25) is 9.59 Å². The van der Waals surface area contributed by atoms with Gasteiger partial charge in [0.15, 0.2) is 18.2 Å². The fourth-order valence-corrected chi connectivity index (χ4v) is 5.38. The summed E-state index contributed by atoms with van der Waals surface area (Å²) in [5.41, 5.74) is -1.30. The number of amides is 2. The maximum absolute atomic E-state index is 15.7. The van der Waals surface area contributed by atoms with Crippen molar-refractivity contribution < 1.29 is 45.1 Å². The van der Waals surface area contributed by atoms with Gasteiger partial charge >= 0.3 is 12.4 Å². The van der Waals surface area contributed by atoms with E-state index in [0.29, 0.717) is 5.56 Å². The van der Waals surface area contributed by atoms with E-state index in [2.05, 4.69) is 25.9 Å². The molecule has 0 atom stereocenters. The number of aromatic amines is 1. The molecule has 252 valence electrons. The van der Waals surface area contributed by atoms with Crippen LogP contribution in [0.3, 0.4) is 0 Å². The Morgan fingerprint density at radius 2 is 1.70 bits per heavy atom. The molecule has 17 heteroatoms. The Bertz CT molecular complexity index is 1610. The van der Waals surface area contributed by atoms with E-state index >= 15 is 4.39 Å². The number of benzene rings is 2. The Labute approximate surface area is 268 Å². The van der Waals surface area contributed by atoms with Crippen LogP contribution in [0.4, 0.5) is 42.4 Å². The Balaban J connectivity index is 1.63. The van der Waals surface area contributed by atoms with E-state index in [-0.39, 0.29) is 65.3 Å². The highest BCUT2D eigenvalue weighted by molar-refractivity contribution is 6.39. The Hall–Kier alpha value is -3.46. The second-order valence-corrected chi connectivity index (χ2v) is 12.8. The van der Waals surface area contributed by atoms with Crippen molar-refractivity contribution in [2.24, 2.45) is 11.3 Å². The number of rotatable bonds is 8. The highest BCUT2D eigenvalue weighted by atomic mass is 35.5. The highest BCUT2D eigenvalue weighted by Crippen LogP contribution is 2.39. The first kappa shape index (κ1) is 35.4. The lowest BCUT2D eigenvalue weighted by atomic mass is 9.85. The molecule has 0 spiro atoms. The number of hydrogen-bond donors (Lipinski definition) is 4. The molecule has 3 aromatic rings. The first-order valence-corrected chi connectivity index (χ1v) is 14.8. The number of anilines is 2. The van der Waals surface area contributed by atoms with Gasteiger partial charge in [-0.25, -0.2) is 9.37 Å². The fraction of sp³-hybridized carbons (Fsp3) is 0.483. The monoisotopic (exact) mass is 699 g/mol. The van der Waals surface area contributed by atoms with E-state index in [9.17, 15) is 35.9 Å². The molecule has 1 fully saturated rings. The molecule has 4 rings (SSSR count). The van der Waals surface area contributed by atoms with Gasteiger partial charge in [0.1, 0.15) is 5.52 Å². The molecule has 1 aromatic heterocycles. The molecule has 4 N–H and O–H groups in total. The standard InChI is InChI=1S/C29H30Cl2F7N5O3/c1-27(2,3)25(45)39-11-13-4-9-17(30)21(19(13)31)42-26-41-18-10-16(23(20(32)22(18)43-26)46-12-28(33,34)35)24(44)40-15-7-5-14(6-8-15)29(36,37)38/h4,9-10,14-15H,5-8,11-12H2,1-3H3,(H,39,45)(H,40,44)(H2,41,42,43)/t14-,15-. The number of hydrogen-bond acceptors (Lipinski definition) is 5. The third kappa shape index (κ3) is 8.46. The van der Waals surface area contributed by atoms with Crippen LogP contribution >= 0.6 is 23.2 Å². The molecule has 2 aromatic carbocycles. The van der Waals surface area contributed by atoms with Crippen LogP contribution in [0.2, 0.25) is 10.0 Å². The summed E-state index contributed by atoms with van der Waals surface area (Å²) in [6.07, 6.45) is -9.82. The molecule has 2 amide bonds. The van der Waals surface area contributed by atoms with Gasteiger partial charge in [0.05, 0.1) is 32.7 Å². The summed E-state index contributed by atoms with van der Waals surface area (Å²) in [6, 6.07) is 3.36. The van der Waals surface area contributed by atoms with E-state index in [4.69, 9.17) is 27.9 Å². The lowest BCUT2D eigenvalue weighted by Crippen LogP contribution is -2.40. The molecule has 0 unspecified atom stereocenters. The lowest BCUT2D eigenvalue weighted by Gasteiger charge is -2.30. The number of nitrogens with zero attached hydrogens (tertiary/aromatic N) is 1. The summed E-state index contributed by atoms with van der Waals surface area (Å²) in [4.78, 5) is 32.2. The zero-order valence-corrected chi connectivity index (χ0v) is 26.2. The second kappa shape index (κ2) is 13.3. The zero-order chi connectivity index (χ0) is 34.2. The summed E-state index contributed by atoms with van der Waals surface area (Å²) in [6.45, 7) is 3.32. The van der Waals surface area contributed by atoms with Gasteiger partial charge in [0.25, 0.3) is 5.91 Å². The summed E-state index contributed by atoms with van der Waals surface area (Å²) >= 11 is 12.9. The van der Waals surface area contributed by atoms with Gasteiger partial charge in [-0.2, -0.15) is 26.3 Å². The molecule has 8 nitrogen and oxygen atoms in total. The third-order valence-electron chi connectivity index (χ3n) is 7.36. The van der Waals surface area contributed by atoms with Crippen molar-refractivity contribution in [1.82, 2.24) is 20.6 Å². The SMILES string of the molecule is CC(C)(C)C(=O)NCc1ccc(Cl)c(Nc2nc3cc(C(=O)N[C@H]4CC[C@H](C(F)(F)F)CC4)c(OCC(F)(F)F)c(F)c3[nH]2)c1Cl. The fourth-order valence-electron chi connectivity index (χ4n) is 4.85. The van der Waals surface area contributed by atoms with Gasteiger partial charge in [0, 0.05) is 18.0 Å². The molecular formula is C29H30Cl2F7N5O3. The predicted octanol–water partition coefficient (Wildman–Crippen LogP) is 8.21. The number of ether oxygens (including phenoxy) is 1. The van der Waals surface area contributed by atoms with Crippen LogP contribution in [-0.4, -0.2) is 46.8 Å². The number of fused-ring (bicyclic) bond motifs is 1. The number of H-pyrrole nitrogens is 1. The number of aromatic nitrogens is 2. The third-order valence-corrected chi connectivity index (χ3v) is 8.11. The van der Waals surface area contributed by atoms with Gasteiger partial charge in [-0.05, 0) is 43.4 Å². The van der Waals surface area contributed by atoms with Crippen molar-refractivity contribution in [2.75, 3.05) is 11.9 Å². The van der Waals surface area contributed by atoms with E-state index < -0.39 is 64.9 Å². The number of carbonyl (C=O) groups excluding carboxylic acids is 2. The van der Waals surface area contributed by atoms with Crippen molar-refractivity contribution in [3.05, 3.63) is 45.2 Å². The Kier molecular flexibility index (Phi) is 10.3. The largest absolute Gasteiger partial charge is 0.480 e. The van der Waals surface area contributed by atoms with Gasteiger partial charge in [0.2, 0.25) is 11.9 Å². The molecule has 1 aliphatic rings. The number of imidazole rings is 1. The minimum Gasteiger partial charge on any atom is -0.480 e. The van der Waals surface area contributed by atoms with Crippen LogP contribution in [0.5, 0.6) is 5.75 Å². The van der Waals surface area contributed by atoms with Crippen LogP contribution in [-0.2, 0) is 11.3 Å². The quantitative estimate of drug-likeness (QED) is 0.177. The van der Waals surface area contributed by atoms with Gasteiger partial charge < -0.3 is 25.7 Å². The molecule has 0 aliphatic heterocycles. The van der Waals surface area contributed by atoms with Crippen LogP contribution in [0, 0.1) is 17.2 Å². The first-order valence-electron chi connectivity index (χ1n) is 14.1. The van der Waals surface area contributed by atoms with Crippen LogP contribution in [0.1, 0.15) is 62.4 Å². The number of alkyl halides is 6. The van der Waals surface area contributed by atoms with Gasteiger partial charge in [-0.1, -0.05) is 50.0 Å².